The van der Waals surface area contributed by atoms with Crippen molar-refractivity contribution in [3.8, 4) is 0 Å². The SMILES string of the molecule is CCCCC.CCCCCCCCC(CCCCCCCC)OC(=O)CCCCCCCN(CCO)CCCCCCCC(=O)OC1CCCCC1. The van der Waals surface area contributed by atoms with E-state index in [4.69, 9.17) is 9.47 Å². The number of ether oxygens (including phenoxy) is 2. The molecule has 0 aromatic rings. The fraction of sp³-hybridized carbons (Fsp3) is 0.957. The molecule has 0 aromatic carbocycles. The number of unbranched alkanes of at least 4 members (excludes halogenated alkanes) is 20. The Morgan fingerprint density at radius 3 is 1.40 bits per heavy atom. The lowest BCUT2D eigenvalue weighted by Crippen LogP contribution is -2.29. The predicted molar refractivity (Wildman–Crippen MR) is 223 cm³/mol. The van der Waals surface area contributed by atoms with Crippen molar-refractivity contribution in [3.05, 3.63) is 0 Å². The molecule has 1 saturated carbocycles. The molecule has 6 heteroatoms. The van der Waals surface area contributed by atoms with E-state index in [1.54, 1.807) is 0 Å². The van der Waals surface area contributed by atoms with Crippen LogP contribution >= 0.6 is 0 Å². The first-order valence-electron chi connectivity index (χ1n) is 23.2. The van der Waals surface area contributed by atoms with Crippen molar-refractivity contribution >= 4 is 11.9 Å². The van der Waals surface area contributed by atoms with E-state index in [0.717, 1.165) is 96.7 Å². The average molecular weight is 738 g/mol. The van der Waals surface area contributed by atoms with Crippen LogP contribution in [0.2, 0.25) is 0 Å². The van der Waals surface area contributed by atoms with Crippen molar-refractivity contribution in [2.45, 2.75) is 258 Å². The Balaban J connectivity index is 0.00000484. The summed E-state index contributed by atoms with van der Waals surface area (Å²) in [5.41, 5.74) is 0. The maximum atomic E-state index is 12.7. The molecule has 52 heavy (non-hydrogen) atoms. The molecule has 0 unspecified atom stereocenters. The minimum absolute atomic E-state index is 0.00259. The topological polar surface area (TPSA) is 76.1 Å². The Bertz CT molecular complexity index is 722. The van der Waals surface area contributed by atoms with Crippen molar-refractivity contribution in [1.82, 2.24) is 4.90 Å². The Morgan fingerprint density at radius 2 is 0.942 bits per heavy atom. The van der Waals surface area contributed by atoms with Crippen LogP contribution in [0.25, 0.3) is 0 Å². The summed E-state index contributed by atoms with van der Waals surface area (Å²) in [5, 5.41) is 9.52. The van der Waals surface area contributed by atoms with Crippen LogP contribution in [0, 0.1) is 0 Å². The number of aliphatic hydroxyl groups excluding tert-OH is 1. The van der Waals surface area contributed by atoms with Crippen LogP contribution in [-0.4, -0.2) is 60.4 Å². The molecule has 0 spiro atoms. The fourth-order valence-electron chi connectivity index (χ4n) is 7.34. The van der Waals surface area contributed by atoms with Crippen molar-refractivity contribution in [1.29, 1.82) is 0 Å². The van der Waals surface area contributed by atoms with Gasteiger partial charge in [-0.05, 0) is 90.1 Å². The van der Waals surface area contributed by atoms with E-state index in [1.165, 1.54) is 128 Å². The first-order valence-corrected chi connectivity index (χ1v) is 23.2. The maximum absolute atomic E-state index is 12.7. The highest BCUT2D eigenvalue weighted by Gasteiger charge is 2.17. The van der Waals surface area contributed by atoms with Crippen LogP contribution in [0.1, 0.15) is 246 Å². The molecule has 1 fully saturated rings. The highest BCUT2D eigenvalue weighted by molar-refractivity contribution is 5.69. The van der Waals surface area contributed by atoms with Gasteiger partial charge in [0.15, 0.2) is 0 Å². The van der Waals surface area contributed by atoms with Gasteiger partial charge in [-0.3, -0.25) is 9.59 Å². The van der Waals surface area contributed by atoms with Crippen LogP contribution in [0.5, 0.6) is 0 Å². The van der Waals surface area contributed by atoms with Gasteiger partial charge in [0, 0.05) is 19.4 Å². The smallest absolute Gasteiger partial charge is 0.306 e. The summed E-state index contributed by atoms with van der Waals surface area (Å²) in [7, 11) is 0. The monoisotopic (exact) mass is 738 g/mol. The molecule has 0 aromatic heterocycles. The molecule has 1 aliphatic carbocycles. The third kappa shape index (κ3) is 35.9. The quantitative estimate of drug-likeness (QED) is 0.0510. The van der Waals surface area contributed by atoms with Crippen LogP contribution in [-0.2, 0) is 19.1 Å². The molecular weight excluding hydrogens is 647 g/mol. The molecule has 0 aliphatic heterocycles. The number of esters is 2. The normalized spacial score (nSPS) is 13.4. The summed E-state index contributed by atoms with van der Waals surface area (Å²) in [4.78, 5) is 27.1. The van der Waals surface area contributed by atoms with Gasteiger partial charge in [0.25, 0.3) is 0 Å². The fourth-order valence-corrected chi connectivity index (χ4v) is 7.34. The lowest BCUT2D eigenvalue weighted by atomic mass is 9.98. The van der Waals surface area contributed by atoms with Crippen molar-refractivity contribution in [2.24, 2.45) is 0 Å². The van der Waals surface area contributed by atoms with Gasteiger partial charge in [-0.15, -0.1) is 0 Å². The van der Waals surface area contributed by atoms with Gasteiger partial charge in [0.1, 0.15) is 12.2 Å². The number of nitrogens with zero attached hydrogens (tertiary/aromatic N) is 1. The zero-order valence-corrected chi connectivity index (χ0v) is 35.6. The molecule has 6 nitrogen and oxygen atoms in total. The largest absolute Gasteiger partial charge is 0.462 e. The highest BCUT2D eigenvalue weighted by Crippen LogP contribution is 2.21. The number of hydrogen-bond acceptors (Lipinski definition) is 6. The van der Waals surface area contributed by atoms with Gasteiger partial charge >= 0.3 is 11.9 Å². The highest BCUT2D eigenvalue weighted by atomic mass is 16.5. The number of hydrogen-bond donors (Lipinski definition) is 1. The van der Waals surface area contributed by atoms with Gasteiger partial charge in [-0.25, -0.2) is 0 Å². The third-order valence-corrected chi connectivity index (χ3v) is 10.7. The first-order chi connectivity index (χ1) is 25.5. The van der Waals surface area contributed by atoms with Gasteiger partial charge in [0.05, 0.1) is 6.61 Å². The zero-order valence-electron chi connectivity index (χ0n) is 35.6. The van der Waals surface area contributed by atoms with Crippen molar-refractivity contribution in [3.63, 3.8) is 0 Å². The second-order valence-corrected chi connectivity index (χ2v) is 15.9. The molecule has 0 heterocycles. The standard InChI is InChI=1S/C41H79NO5.C5H12/c1-3-5-7-9-13-20-28-38(29-21-14-10-8-6-4-2)46-40(44)32-24-15-11-17-26-34-42(36-37-43)35-27-18-12-16-25-33-41(45)47-39-30-22-19-23-31-39;1-3-5-4-2/h38-39,43H,3-37H2,1-2H3;3-5H2,1-2H3. The van der Waals surface area contributed by atoms with E-state index in [-0.39, 0.29) is 30.8 Å². The number of carbonyl (C=O) groups excluding carboxylic acids is 2. The zero-order chi connectivity index (χ0) is 38.2. The Hall–Kier alpha value is -1.14. The summed E-state index contributed by atoms with van der Waals surface area (Å²) in [6.07, 6.45) is 39.7. The minimum Gasteiger partial charge on any atom is -0.462 e. The lowest BCUT2D eigenvalue weighted by molar-refractivity contribution is -0.151. The summed E-state index contributed by atoms with van der Waals surface area (Å²) in [6, 6.07) is 0. The second kappa shape index (κ2) is 41.0. The number of rotatable bonds is 36. The van der Waals surface area contributed by atoms with Gasteiger partial charge < -0.3 is 19.5 Å². The maximum Gasteiger partial charge on any atom is 0.306 e. The van der Waals surface area contributed by atoms with Crippen LogP contribution in [0.3, 0.4) is 0 Å². The number of aliphatic hydroxyl groups is 1. The second-order valence-electron chi connectivity index (χ2n) is 15.9. The predicted octanol–water partition coefficient (Wildman–Crippen LogP) is 13.4. The first kappa shape index (κ1) is 50.9. The number of carbonyl (C=O) groups is 2. The molecule has 1 aliphatic rings. The van der Waals surface area contributed by atoms with Crippen molar-refractivity contribution in [2.75, 3.05) is 26.2 Å². The molecule has 0 atom stereocenters. The minimum atomic E-state index is -0.00259. The van der Waals surface area contributed by atoms with Gasteiger partial charge in [-0.2, -0.15) is 0 Å². The van der Waals surface area contributed by atoms with Crippen LogP contribution in [0.15, 0.2) is 0 Å². The van der Waals surface area contributed by atoms with Gasteiger partial charge in [0.2, 0.25) is 0 Å². The molecule has 1 rings (SSSR count). The Morgan fingerprint density at radius 1 is 0.519 bits per heavy atom. The summed E-state index contributed by atoms with van der Waals surface area (Å²) >= 11 is 0. The molecule has 0 radical (unpaired) electrons. The van der Waals surface area contributed by atoms with E-state index in [0.29, 0.717) is 12.8 Å². The van der Waals surface area contributed by atoms with E-state index in [2.05, 4.69) is 32.6 Å². The third-order valence-electron chi connectivity index (χ3n) is 10.7. The van der Waals surface area contributed by atoms with E-state index in [1.807, 2.05) is 0 Å². The molecule has 0 bridgehead atoms. The molecule has 310 valence electrons. The molecular formula is C46H91NO5. The van der Waals surface area contributed by atoms with E-state index in [9.17, 15) is 14.7 Å². The molecule has 0 saturated heterocycles. The molecule has 1 N–H and O–H groups in total. The Kier molecular flexibility index (Phi) is 40.1. The summed E-state index contributed by atoms with van der Waals surface area (Å²) in [5.74, 6) is 0.0117. The van der Waals surface area contributed by atoms with E-state index >= 15 is 0 Å². The van der Waals surface area contributed by atoms with Gasteiger partial charge in [-0.1, -0.05) is 156 Å². The molecule has 0 amide bonds. The van der Waals surface area contributed by atoms with Crippen LogP contribution < -0.4 is 0 Å². The Labute approximate surface area is 324 Å². The van der Waals surface area contributed by atoms with E-state index < -0.39 is 0 Å². The van der Waals surface area contributed by atoms with Crippen molar-refractivity contribution < 1.29 is 24.2 Å². The lowest BCUT2D eigenvalue weighted by Gasteiger charge is -2.22. The summed E-state index contributed by atoms with van der Waals surface area (Å²) in [6.45, 7) is 12.0. The average Bonchev–Trinajstić information content (AvgIpc) is 3.14. The van der Waals surface area contributed by atoms with Crippen LogP contribution in [0.4, 0.5) is 0 Å². The summed E-state index contributed by atoms with van der Waals surface area (Å²) < 4.78 is 11.6.